The second-order valence-corrected chi connectivity index (χ2v) is 6.24. The molecule has 1 aromatic heterocycles. The summed E-state index contributed by atoms with van der Waals surface area (Å²) >= 11 is 9.41. The minimum absolute atomic E-state index is 0.0932. The number of carboxylic acids is 1. The molecule has 3 aromatic rings. The lowest BCUT2D eigenvalue weighted by Gasteiger charge is -2.08. The van der Waals surface area contributed by atoms with Gasteiger partial charge in [0.25, 0.3) is 0 Å². The first-order chi connectivity index (χ1) is 11.0. The van der Waals surface area contributed by atoms with Crippen LogP contribution in [0.4, 0.5) is 0 Å². The van der Waals surface area contributed by atoms with Crippen molar-refractivity contribution in [3.8, 4) is 11.3 Å². The van der Waals surface area contributed by atoms with Crippen molar-refractivity contribution in [1.82, 2.24) is 15.0 Å². The van der Waals surface area contributed by atoms with Gasteiger partial charge in [-0.3, -0.25) is 0 Å². The standard InChI is InChI=1S/C16H11BrClN3O2/c17-12-6-4-10(5-7-12)9-21-15(14(16(22)23)19-20-21)11-2-1-3-13(18)8-11/h1-8H,9H2,(H,22,23). The van der Waals surface area contributed by atoms with Gasteiger partial charge in [-0.15, -0.1) is 5.10 Å². The molecule has 0 saturated carbocycles. The summed E-state index contributed by atoms with van der Waals surface area (Å²) in [6.07, 6.45) is 0. The zero-order valence-electron chi connectivity index (χ0n) is 11.8. The van der Waals surface area contributed by atoms with Gasteiger partial charge < -0.3 is 5.11 Å². The fourth-order valence-corrected chi connectivity index (χ4v) is 2.71. The highest BCUT2D eigenvalue weighted by Crippen LogP contribution is 2.26. The van der Waals surface area contributed by atoms with Crippen molar-refractivity contribution in [2.75, 3.05) is 0 Å². The van der Waals surface area contributed by atoms with Crippen LogP contribution in [0, 0.1) is 0 Å². The molecule has 0 unspecified atom stereocenters. The molecule has 116 valence electrons. The molecule has 0 saturated heterocycles. The maximum absolute atomic E-state index is 11.4. The number of benzene rings is 2. The van der Waals surface area contributed by atoms with Gasteiger partial charge in [0.05, 0.1) is 6.54 Å². The summed E-state index contributed by atoms with van der Waals surface area (Å²) in [6.45, 7) is 0.412. The number of rotatable bonds is 4. The highest BCUT2D eigenvalue weighted by Gasteiger charge is 2.20. The molecule has 7 heteroatoms. The molecule has 0 atom stereocenters. The predicted octanol–water partition coefficient (Wildman–Crippen LogP) is 4.11. The monoisotopic (exact) mass is 391 g/mol. The van der Waals surface area contributed by atoms with E-state index in [1.165, 1.54) is 0 Å². The smallest absolute Gasteiger partial charge is 0.358 e. The van der Waals surface area contributed by atoms with E-state index in [0.717, 1.165) is 10.0 Å². The van der Waals surface area contributed by atoms with E-state index in [0.29, 0.717) is 22.8 Å². The Balaban J connectivity index is 2.07. The van der Waals surface area contributed by atoms with Crippen molar-refractivity contribution in [3.63, 3.8) is 0 Å². The first kappa shape index (κ1) is 15.7. The average Bonchev–Trinajstić information content (AvgIpc) is 2.93. The molecule has 5 nitrogen and oxygen atoms in total. The number of carbonyl (C=O) groups is 1. The lowest BCUT2D eigenvalue weighted by Crippen LogP contribution is -2.06. The molecule has 0 spiro atoms. The van der Waals surface area contributed by atoms with Crippen LogP contribution >= 0.6 is 27.5 Å². The molecular formula is C16H11BrClN3O2. The predicted molar refractivity (Wildman–Crippen MR) is 90.7 cm³/mol. The molecule has 0 amide bonds. The Morgan fingerprint density at radius 2 is 1.96 bits per heavy atom. The normalized spacial score (nSPS) is 10.7. The van der Waals surface area contributed by atoms with Gasteiger partial charge in [0, 0.05) is 15.1 Å². The van der Waals surface area contributed by atoms with Gasteiger partial charge in [-0.25, -0.2) is 9.48 Å². The maximum Gasteiger partial charge on any atom is 0.358 e. The quantitative estimate of drug-likeness (QED) is 0.725. The van der Waals surface area contributed by atoms with E-state index in [1.807, 2.05) is 24.3 Å². The van der Waals surface area contributed by atoms with Crippen LogP contribution in [-0.2, 0) is 6.54 Å². The van der Waals surface area contributed by atoms with Gasteiger partial charge >= 0.3 is 5.97 Å². The molecule has 1 N–H and O–H groups in total. The van der Waals surface area contributed by atoms with E-state index in [-0.39, 0.29) is 5.69 Å². The molecule has 0 radical (unpaired) electrons. The Morgan fingerprint density at radius 3 is 2.61 bits per heavy atom. The van der Waals surface area contributed by atoms with Crippen LogP contribution in [0.25, 0.3) is 11.3 Å². The fraction of sp³-hybridized carbons (Fsp3) is 0.0625. The van der Waals surface area contributed by atoms with Crippen LogP contribution in [0.3, 0.4) is 0 Å². The van der Waals surface area contributed by atoms with E-state index < -0.39 is 5.97 Å². The molecule has 0 aliphatic rings. The van der Waals surface area contributed by atoms with E-state index in [9.17, 15) is 9.90 Å². The summed E-state index contributed by atoms with van der Waals surface area (Å²) in [5.41, 5.74) is 1.99. The minimum atomic E-state index is -1.12. The van der Waals surface area contributed by atoms with Crippen LogP contribution in [0.15, 0.2) is 53.0 Å². The number of carboxylic acid groups (broad SMARTS) is 1. The van der Waals surface area contributed by atoms with E-state index in [2.05, 4.69) is 26.2 Å². The van der Waals surface area contributed by atoms with E-state index >= 15 is 0 Å². The van der Waals surface area contributed by atoms with Crippen LogP contribution in [-0.4, -0.2) is 26.1 Å². The summed E-state index contributed by atoms with van der Waals surface area (Å²) in [4.78, 5) is 11.4. The van der Waals surface area contributed by atoms with Crippen molar-refractivity contribution >= 4 is 33.5 Å². The first-order valence-electron chi connectivity index (χ1n) is 6.72. The minimum Gasteiger partial charge on any atom is -0.476 e. The Morgan fingerprint density at radius 1 is 1.22 bits per heavy atom. The van der Waals surface area contributed by atoms with Crippen molar-refractivity contribution < 1.29 is 9.90 Å². The SMILES string of the molecule is O=C(O)c1nnn(Cc2ccc(Br)cc2)c1-c1cccc(Cl)c1. The first-order valence-corrected chi connectivity index (χ1v) is 7.89. The molecule has 0 fully saturated rings. The van der Waals surface area contributed by atoms with Crippen molar-refractivity contribution in [2.45, 2.75) is 6.54 Å². The molecule has 1 heterocycles. The molecule has 23 heavy (non-hydrogen) atoms. The lowest BCUT2D eigenvalue weighted by molar-refractivity contribution is 0.0691. The molecule has 3 rings (SSSR count). The second kappa shape index (κ2) is 6.52. The Kier molecular flexibility index (Phi) is 4.45. The second-order valence-electron chi connectivity index (χ2n) is 4.89. The third-order valence-corrected chi connectivity index (χ3v) is 4.05. The van der Waals surface area contributed by atoms with Gasteiger partial charge in [-0.1, -0.05) is 57.0 Å². The Hall–Kier alpha value is -2.18. The highest BCUT2D eigenvalue weighted by molar-refractivity contribution is 9.10. The third kappa shape index (κ3) is 3.43. The lowest BCUT2D eigenvalue weighted by atomic mass is 10.1. The number of hydrogen-bond acceptors (Lipinski definition) is 3. The molecule has 0 aliphatic carbocycles. The zero-order chi connectivity index (χ0) is 16.4. The van der Waals surface area contributed by atoms with Gasteiger partial charge in [0.2, 0.25) is 0 Å². The van der Waals surface area contributed by atoms with Gasteiger partial charge in [0.15, 0.2) is 5.69 Å². The van der Waals surface area contributed by atoms with Crippen LogP contribution in [0.5, 0.6) is 0 Å². The number of nitrogens with zero attached hydrogens (tertiary/aromatic N) is 3. The summed E-state index contributed by atoms with van der Waals surface area (Å²) in [6, 6.07) is 14.7. The van der Waals surface area contributed by atoms with E-state index in [4.69, 9.17) is 11.6 Å². The van der Waals surface area contributed by atoms with Crippen LogP contribution in [0.1, 0.15) is 16.1 Å². The average molecular weight is 393 g/mol. The third-order valence-electron chi connectivity index (χ3n) is 3.28. The summed E-state index contributed by atoms with van der Waals surface area (Å²) < 4.78 is 2.54. The van der Waals surface area contributed by atoms with Gasteiger partial charge in [0.1, 0.15) is 5.69 Å². The number of hydrogen-bond donors (Lipinski definition) is 1. The highest BCUT2D eigenvalue weighted by atomic mass is 79.9. The van der Waals surface area contributed by atoms with Crippen molar-refractivity contribution in [2.24, 2.45) is 0 Å². The number of aromatic nitrogens is 3. The molecule has 2 aromatic carbocycles. The molecular weight excluding hydrogens is 382 g/mol. The largest absolute Gasteiger partial charge is 0.476 e. The Labute approximate surface area is 145 Å². The summed E-state index contributed by atoms with van der Waals surface area (Å²) in [5.74, 6) is -1.12. The van der Waals surface area contributed by atoms with Crippen LogP contribution < -0.4 is 0 Å². The summed E-state index contributed by atoms with van der Waals surface area (Å²) in [7, 11) is 0. The molecule has 0 aliphatic heterocycles. The van der Waals surface area contributed by atoms with Crippen molar-refractivity contribution in [1.29, 1.82) is 0 Å². The molecule has 0 bridgehead atoms. The number of halogens is 2. The van der Waals surface area contributed by atoms with Crippen molar-refractivity contribution in [3.05, 3.63) is 69.3 Å². The maximum atomic E-state index is 11.4. The zero-order valence-corrected chi connectivity index (χ0v) is 14.1. The van der Waals surface area contributed by atoms with Crippen LogP contribution in [0.2, 0.25) is 5.02 Å². The van der Waals surface area contributed by atoms with E-state index in [1.54, 1.807) is 28.9 Å². The van der Waals surface area contributed by atoms with Gasteiger partial charge in [-0.2, -0.15) is 0 Å². The van der Waals surface area contributed by atoms with Gasteiger partial charge in [-0.05, 0) is 29.8 Å². The fourth-order valence-electron chi connectivity index (χ4n) is 2.25. The topological polar surface area (TPSA) is 68.0 Å². The number of aromatic carboxylic acids is 1. The Bertz CT molecular complexity index is 862. The summed E-state index contributed by atoms with van der Waals surface area (Å²) in [5, 5.41) is 17.7.